The first-order valence-corrected chi connectivity index (χ1v) is 5.42. The Bertz CT molecular complexity index is 423. The van der Waals surface area contributed by atoms with Gasteiger partial charge in [-0.3, -0.25) is 19.3 Å². The van der Waals surface area contributed by atoms with Crippen LogP contribution in [0, 0.1) is 0 Å². The zero-order chi connectivity index (χ0) is 10.8. The molecule has 0 aliphatic carbocycles. The standard InChI is InChI=1S/C8H9N3O3S/c12-7-3-5-11(10-15(13)14)6-2-1-4-9-8(6)7/h1-2,4,10H,3,5H2,(H,13,14). The van der Waals surface area contributed by atoms with Gasteiger partial charge in [0.1, 0.15) is 5.69 Å². The molecule has 7 heteroatoms. The highest BCUT2D eigenvalue weighted by Gasteiger charge is 2.24. The van der Waals surface area contributed by atoms with Gasteiger partial charge < -0.3 is 0 Å². The maximum absolute atomic E-state index is 11.5. The zero-order valence-corrected chi connectivity index (χ0v) is 8.53. The molecule has 0 fully saturated rings. The lowest BCUT2D eigenvalue weighted by Crippen LogP contribution is -2.44. The lowest BCUT2D eigenvalue weighted by Gasteiger charge is -2.27. The molecule has 0 aromatic carbocycles. The number of anilines is 1. The van der Waals surface area contributed by atoms with E-state index in [2.05, 4.69) is 9.82 Å². The van der Waals surface area contributed by atoms with E-state index >= 15 is 0 Å². The fraction of sp³-hybridized carbons (Fsp3) is 0.250. The van der Waals surface area contributed by atoms with Gasteiger partial charge in [-0.05, 0) is 12.1 Å². The molecule has 0 saturated carbocycles. The van der Waals surface area contributed by atoms with Crippen molar-refractivity contribution in [2.45, 2.75) is 6.42 Å². The van der Waals surface area contributed by atoms with Gasteiger partial charge in [-0.15, -0.1) is 4.83 Å². The maximum Gasteiger partial charge on any atom is 0.250 e. The summed E-state index contributed by atoms with van der Waals surface area (Å²) in [5.41, 5.74) is 0.873. The molecule has 0 spiro atoms. The van der Waals surface area contributed by atoms with Crippen LogP contribution in [0.1, 0.15) is 16.9 Å². The predicted molar refractivity (Wildman–Crippen MR) is 54.4 cm³/mol. The van der Waals surface area contributed by atoms with Gasteiger partial charge in [0.15, 0.2) is 5.78 Å². The predicted octanol–water partition coefficient (Wildman–Crippen LogP) is 0.116. The molecule has 1 aromatic rings. The number of hydrogen-bond acceptors (Lipinski definition) is 4. The third kappa shape index (κ3) is 2.04. The minimum Gasteiger partial charge on any atom is -0.293 e. The number of aromatic nitrogens is 1. The first-order valence-electron chi connectivity index (χ1n) is 4.31. The average molecular weight is 227 g/mol. The molecule has 1 unspecified atom stereocenters. The Balaban J connectivity index is 2.36. The van der Waals surface area contributed by atoms with Crippen LogP contribution in [0.2, 0.25) is 0 Å². The molecule has 0 saturated heterocycles. The molecule has 2 N–H and O–H groups in total. The quantitative estimate of drug-likeness (QED) is 0.701. The van der Waals surface area contributed by atoms with E-state index in [1.807, 2.05) is 0 Å². The van der Waals surface area contributed by atoms with Crippen molar-refractivity contribution in [2.24, 2.45) is 0 Å². The molecule has 0 amide bonds. The first kappa shape index (κ1) is 10.2. The van der Waals surface area contributed by atoms with Crippen LogP contribution in [-0.4, -0.2) is 26.1 Å². The number of hydrogen-bond donors (Lipinski definition) is 2. The third-order valence-corrected chi connectivity index (χ3v) is 2.47. The van der Waals surface area contributed by atoms with Gasteiger partial charge in [0, 0.05) is 19.2 Å². The molecule has 1 aliphatic rings. The molecular weight excluding hydrogens is 218 g/mol. The van der Waals surface area contributed by atoms with E-state index in [9.17, 15) is 9.00 Å². The van der Waals surface area contributed by atoms with E-state index in [-0.39, 0.29) is 12.2 Å². The molecule has 0 bridgehead atoms. The fourth-order valence-corrected chi connectivity index (χ4v) is 1.85. The van der Waals surface area contributed by atoms with Crippen LogP contribution in [0.3, 0.4) is 0 Å². The second-order valence-corrected chi connectivity index (χ2v) is 3.72. The smallest absolute Gasteiger partial charge is 0.250 e. The van der Waals surface area contributed by atoms with Crippen molar-refractivity contribution in [2.75, 3.05) is 11.6 Å². The molecule has 2 rings (SSSR count). The number of pyridine rings is 1. The van der Waals surface area contributed by atoms with Crippen molar-refractivity contribution in [1.29, 1.82) is 0 Å². The fourth-order valence-electron chi connectivity index (χ4n) is 1.47. The van der Waals surface area contributed by atoms with Crippen LogP contribution in [0.5, 0.6) is 0 Å². The number of fused-ring (bicyclic) bond motifs is 1. The van der Waals surface area contributed by atoms with E-state index in [1.165, 1.54) is 11.2 Å². The van der Waals surface area contributed by atoms with Crippen molar-refractivity contribution >= 4 is 22.7 Å². The summed E-state index contributed by atoms with van der Waals surface area (Å²) < 4.78 is 19.3. The van der Waals surface area contributed by atoms with Crippen LogP contribution >= 0.6 is 0 Å². The van der Waals surface area contributed by atoms with Crippen molar-refractivity contribution in [3.63, 3.8) is 0 Å². The summed E-state index contributed by atoms with van der Waals surface area (Å²) in [5.74, 6) is -0.0487. The van der Waals surface area contributed by atoms with Gasteiger partial charge in [-0.2, -0.15) is 0 Å². The number of Topliss-reactive ketones (excluding diaryl/α,β-unsaturated/α-hetero) is 1. The summed E-state index contributed by atoms with van der Waals surface area (Å²) in [6, 6.07) is 3.35. The summed E-state index contributed by atoms with van der Waals surface area (Å²) in [4.78, 5) is 17.7. The van der Waals surface area contributed by atoms with Crippen molar-refractivity contribution in [3.8, 4) is 0 Å². The van der Waals surface area contributed by atoms with E-state index in [4.69, 9.17) is 4.55 Å². The van der Waals surface area contributed by atoms with Crippen LogP contribution in [-0.2, 0) is 11.3 Å². The minimum atomic E-state index is -2.14. The summed E-state index contributed by atoms with van der Waals surface area (Å²) in [7, 11) is 0. The van der Waals surface area contributed by atoms with Gasteiger partial charge in [0.2, 0.25) is 0 Å². The average Bonchev–Trinajstić information content (AvgIpc) is 2.22. The van der Waals surface area contributed by atoms with Crippen molar-refractivity contribution in [3.05, 3.63) is 24.0 Å². The molecular formula is C8H9N3O3S. The zero-order valence-electron chi connectivity index (χ0n) is 7.71. The maximum atomic E-state index is 11.5. The largest absolute Gasteiger partial charge is 0.293 e. The molecule has 0 radical (unpaired) electrons. The van der Waals surface area contributed by atoms with E-state index in [0.717, 1.165) is 0 Å². The lowest BCUT2D eigenvalue weighted by molar-refractivity contribution is 0.0974. The van der Waals surface area contributed by atoms with Crippen molar-refractivity contribution < 1.29 is 13.6 Å². The Morgan fingerprint density at radius 1 is 1.60 bits per heavy atom. The summed E-state index contributed by atoms with van der Waals surface area (Å²) in [6.45, 7) is 0.365. The number of nitrogens with one attached hydrogen (secondary N) is 1. The van der Waals surface area contributed by atoms with Gasteiger partial charge in [0.05, 0.1) is 5.69 Å². The highest BCUT2D eigenvalue weighted by atomic mass is 32.2. The summed E-state index contributed by atoms with van der Waals surface area (Å²) in [5, 5.41) is 1.46. The van der Waals surface area contributed by atoms with E-state index in [0.29, 0.717) is 17.9 Å². The van der Waals surface area contributed by atoms with Crippen LogP contribution in [0.4, 0.5) is 5.69 Å². The third-order valence-electron chi connectivity index (χ3n) is 2.09. The van der Waals surface area contributed by atoms with Gasteiger partial charge >= 0.3 is 0 Å². The lowest BCUT2D eigenvalue weighted by atomic mass is 10.1. The molecule has 80 valence electrons. The Kier molecular flexibility index (Phi) is 2.76. The van der Waals surface area contributed by atoms with Gasteiger partial charge in [0.25, 0.3) is 11.3 Å². The summed E-state index contributed by atoms with van der Waals surface area (Å²) >= 11 is -2.14. The molecule has 1 atom stereocenters. The molecule has 1 aliphatic heterocycles. The van der Waals surface area contributed by atoms with Crippen molar-refractivity contribution in [1.82, 2.24) is 9.82 Å². The Labute approximate surface area is 88.7 Å². The SMILES string of the molecule is O=C1CCN(NS(=O)O)c2cccnc21. The van der Waals surface area contributed by atoms with Crippen LogP contribution in [0.25, 0.3) is 0 Å². The summed E-state index contributed by atoms with van der Waals surface area (Å²) in [6.07, 6.45) is 1.81. The Hall–Kier alpha value is -1.31. The van der Waals surface area contributed by atoms with Gasteiger partial charge in [-0.25, -0.2) is 4.21 Å². The first-order chi connectivity index (χ1) is 7.18. The number of carbonyl (C=O) groups is 1. The number of carbonyl (C=O) groups excluding carboxylic acids is 1. The molecule has 6 nitrogen and oxygen atoms in total. The molecule has 2 heterocycles. The highest BCUT2D eigenvalue weighted by Crippen LogP contribution is 2.22. The number of ketones is 1. The van der Waals surface area contributed by atoms with Gasteiger partial charge in [-0.1, -0.05) is 0 Å². The Morgan fingerprint density at radius 3 is 3.13 bits per heavy atom. The normalized spacial score (nSPS) is 17.4. The highest BCUT2D eigenvalue weighted by molar-refractivity contribution is 7.77. The topological polar surface area (TPSA) is 82.5 Å². The number of hydrazine groups is 1. The van der Waals surface area contributed by atoms with E-state index < -0.39 is 11.3 Å². The molecule has 15 heavy (non-hydrogen) atoms. The van der Waals surface area contributed by atoms with Crippen LogP contribution < -0.4 is 9.84 Å². The number of nitrogens with zero attached hydrogens (tertiary/aromatic N) is 2. The Morgan fingerprint density at radius 2 is 2.40 bits per heavy atom. The minimum absolute atomic E-state index is 0.0487. The van der Waals surface area contributed by atoms with E-state index in [1.54, 1.807) is 12.1 Å². The monoisotopic (exact) mass is 227 g/mol. The van der Waals surface area contributed by atoms with Crippen LogP contribution in [0.15, 0.2) is 18.3 Å². The number of rotatable bonds is 2. The second-order valence-electron chi connectivity index (χ2n) is 3.04. The molecule has 1 aromatic heterocycles. The second kappa shape index (κ2) is 4.05.